The third-order valence-corrected chi connectivity index (χ3v) is 5.53. The van der Waals surface area contributed by atoms with Gasteiger partial charge in [0.2, 0.25) is 0 Å². The second kappa shape index (κ2) is 6.30. The first-order chi connectivity index (χ1) is 12.1. The molecule has 0 aromatic heterocycles. The molecule has 2 aromatic carbocycles. The Kier molecular flexibility index (Phi) is 4.12. The normalized spacial score (nSPS) is 23.6. The van der Waals surface area contributed by atoms with Gasteiger partial charge in [0.15, 0.2) is 0 Å². The van der Waals surface area contributed by atoms with E-state index >= 15 is 0 Å². The van der Waals surface area contributed by atoms with Crippen molar-refractivity contribution in [1.29, 1.82) is 0 Å². The third kappa shape index (κ3) is 2.76. The quantitative estimate of drug-likeness (QED) is 0.554. The zero-order valence-corrected chi connectivity index (χ0v) is 15.2. The van der Waals surface area contributed by atoms with Crippen LogP contribution in [0.1, 0.15) is 39.9 Å². The van der Waals surface area contributed by atoms with Crippen molar-refractivity contribution in [3.05, 3.63) is 75.5 Å². The van der Waals surface area contributed by atoms with Crippen LogP contribution in [0.3, 0.4) is 0 Å². The van der Waals surface area contributed by atoms with Crippen molar-refractivity contribution in [1.82, 2.24) is 0 Å². The molecular formula is C20H17BrFNO2. The molecular weight excluding hydrogens is 385 g/mol. The highest BCUT2D eigenvalue weighted by Crippen LogP contribution is 2.51. The zero-order valence-electron chi connectivity index (χ0n) is 13.6. The molecule has 1 aliphatic heterocycles. The molecule has 5 heteroatoms. The molecule has 25 heavy (non-hydrogen) atoms. The van der Waals surface area contributed by atoms with Crippen molar-refractivity contribution in [2.45, 2.75) is 18.4 Å². The summed E-state index contributed by atoms with van der Waals surface area (Å²) in [6, 6.07) is 10.8. The molecule has 0 unspecified atom stereocenters. The van der Waals surface area contributed by atoms with Gasteiger partial charge in [-0.15, -0.1) is 0 Å². The number of nitrogens with one attached hydrogen (secondary N) is 1. The van der Waals surface area contributed by atoms with Crippen molar-refractivity contribution in [2.75, 3.05) is 12.4 Å². The Labute approximate surface area is 154 Å². The van der Waals surface area contributed by atoms with Crippen LogP contribution in [0.2, 0.25) is 0 Å². The molecule has 0 spiro atoms. The lowest BCUT2D eigenvalue weighted by Gasteiger charge is -2.37. The molecule has 3 atom stereocenters. The molecule has 0 bridgehead atoms. The number of allylic oxidation sites excluding steroid dienone is 2. The SMILES string of the molecule is COC(=O)c1ccc([C@H]2Nc3c(F)cc(Br)cc3[C@H]3C=CC[C@@H]32)cc1. The molecule has 0 saturated carbocycles. The van der Waals surface area contributed by atoms with E-state index in [2.05, 4.69) is 33.4 Å². The number of hydrogen-bond donors (Lipinski definition) is 1. The van der Waals surface area contributed by atoms with Gasteiger partial charge in [0.05, 0.1) is 24.4 Å². The maximum absolute atomic E-state index is 14.5. The highest BCUT2D eigenvalue weighted by atomic mass is 79.9. The van der Waals surface area contributed by atoms with Crippen LogP contribution in [0.5, 0.6) is 0 Å². The molecule has 128 valence electrons. The van der Waals surface area contributed by atoms with Gasteiger partial charge in [-0.25, -0.2) is 9.18 Å². The summed E-state index contributed by atoms with van der Waals surface area (Å²) in [5.41, 5.74) is 3.11. The van der Waals surface area contributed by atoms with Gasteiger partial charge in [-0.3, -0.25) is 0 Å². The van der Waals surface area contributed by atoms with E-state index in [9.17, 15) is 9.18 Å². The van der Waals surface area contributed by atoms with Crippen molar-refractivity contribution >= 4 is 27.6 Å². The van der Waals surface area contributed by atoms with Crippen LogP contribution in [0.4, 0.5) is 10.1 Å². The molecule has 1 N–H and O–H groups in total. The number of carbonyl (C=O) groups excluding carboxylic acids is 1. The Hall–Kier alpha value is -2.14. The average Bonchev–Trinajstić information content (AvgIpc) is 3.11. The largest absolute Gasteiger partial charge is 0.465 e. The predicted molar refractivity (Wildman–Crippen MR) is 98.2 cm³/mol. The fraction of sp³-hybridized carbons (Fsp3) is 0.250. The standard InChI is InChI=1S/C20H17BrFNO2/c1-25-20(24)12-7-5-11(6-8-12)18-15-4-2-3-14(15)16-9-13(21)10-17(22)19(16)23-18/h2-3,5-10,14-15,18,23H,4H2,1H3/t14-,15-,18+/m0/s1. The first-order valence-electron chi connectivity index (χ1n) is 8.19. The second-order valence-corrected chi connectivity index (χ2v) is 7.36. The van der Waals surface area contributed by atoms with Crippen LogP contribution in [-0.4, -0.2) is 13.1 Å². The number of ether oxygens (including phenoxy) is 1. The first-order valence-corrected chi connectivity index (χ1v) is 8.98. The summed E-state index contributed by atoms with van der Waals surface area (Å²) in [5, 5.41) is 3.39. The lowest BCUT2D eigenvalue weighted by Crippen LogP contribution is -2.29. The number of halogens is 2. The maximum atomic E-state index is 14.5. The minimum Gasteiger partial charge on any atom is -0.465 e. The van der Waals surface area contributed by atoms with Crippen LogP contribution < -0.4 is 5.32 Å². The molecule has 2 aromatic rings. The van der Waals surface area contributed by atoms with Crippen molar-refractivity contribution in [3.63, 3.8) is 0 Å². The Morgan fingerprint density at radius 1 is 1.28 bits per heavy atom. The van der Waals surface area contributed by atoms with Gasteiger partial charge in [0.1, 0.15) is 5.82 Å². The summed E-state index contributed by atoms with van der Waals surface area (Å²) >= 11 is 3.39. The molecule has 1 aliphatic carbocycles. The van der Waals surface area contributed by atoms with Crippen LogP contribution in [0, 0.1) is 11.7 Å². The highest BCUT2D eigenvalue weighted by Gasteiger charge is 2.39. The third-order valence-electron chi connectivity index (χ3n) is 5.08. The summed E-state index contributed by atoms with van der Waals surface area (Å²) in [5.74, 6) is -0.0946. The molecule has 2 aliphatic rings. The fourth-order valence-electron chi connectivity index (χ4n) is 3.90. The van der Waals surface area contributed by atoms with E-state index < -0.39 is 0 Å². The van der Waals surface area contributed by atoms with Gasteiger partial charge in [0, 0.05) is 10.4 Å². The van der Waals surface area contributed by atoms with E-state index in [1.54, 1.807) is 12.1 Å². The average molecular weight is 402 g/mol. The van der Waals surface area contributed by atoms with E-state index in [4.69, 9.17) is 4.74 Å². The molecule has 0 amide bonds. The Bertz CT molecular complexity index is 863. The lowest BCUT2D eigenvalue weighted by molar-refractivity contribution is 0.0600. The molecule has 0 radical (unpaired) electrons. The number of benzene rings is 2. The number of fused-ring (bicyclic) bond motifs is 3. The predicted octanol–water partition coefficient (Wildman–Crippen LogP) is 5.20. The van der Waals surface area contributed by atoms with Crippen molar-refractivity contribution < 1.29 is 13.9 Å². The van der Waals surface area contributed by atoms with Gasteiger partial charge in [-0.05, 0) is 47.7 Å². The fourth-order valence-corrected chi connectivity index (χ4v) is 4.34. The number of esters is 1. The summed E-state index contributed by atoms with van der Waals surface area (Å²) in [6.07, 6.45) is 5.28. The zero-order chi connectivity index (χ0) is 17.6. The van der Waals surface area contributed by atoms with Crippen LogP contribution in [0.25, 0.3) is 0 Å². The number of methoxy groups -OCH3 is 1. The summed E-state index contributed by atoms with van der Waals surface area (Å²) < 4.78 is 20.0. The minimum absolute atomic E-state index is 0.00475. The van der Waals surface area contributed by atoms with Gasteiger partial charge in [-0.2, -0.15) is 0 Å². The number of carbonyl (C=O) groups is 1. The van der Waals surface area contributed by atoms with Crippen LogP contribution in [0.15, 0.2) is 53.0 Å². The summed E-state index contributed by atoms with van der Waals surface area (Å²) in [6.45, 7) is 0. The van der Waals surface area contributed by atoms with Crippen LogP contribution in [-0.2, 0) is 4.74 Å². The summed E-state index contributed by atoms with van der Waals surface area (Å²) in [4.78, 5) is 11.6. The molecule has 1 heterocycles. The monoisotopic (exact) mass is 401 g/mol. The van der Waals surface area contributed by atoms with Crippen LogP contribution >= 0.6 is 15.9 Å². The molecule has 4 rings (SSSR count). The second-order valence-electron chi connectivity index (χ2n) is 6.44. The number of hydrogen-bond acceptors (Lipinski definition) is 3. The lowest BCUT2D eigenvalue weighted by atomic mass is 9.77. The van der Waals surface area contributed by atoms with E-state index in [1.165, 1.54) is 13.2 Å². The topological polar surface area (TPSA) is 38.3 Å². The maximum Gasteiger partial charge on any atom is 0.337 e. The Morgan fingerprint density at radius 2 is 2.04 bits per heavy atom. The van der Waals surface area contributed by atoms with Gasteiger partial charge in [-0.1, -0.05) is 40.2 Å². The highest BCUT2D eigenvalue weighted by molar-refractivity contribution is 9.10. The number of anilines is 1. The van der Waals surface area contributed by atoms with Crippen molar-refractivity contribution in [2.24, 2.45) is 5.92 Å². The summed E-state index contributed by atoms with van der Waals surface area (Å²) in [7, 11) is 1.37. The van der Waals surface area contributed by atoms with Crippen molar-refractivity contribution in [3.8, 4) is 0 Å². The molecule has 0 fully saturated rings. The van der Waals surface area contributed by atoms with E-state index in [-0.39, 0.29) is 23.7 Å². The minimum atomic E-state index is -0.357. The molecule has 3 nitrogen and oxygen atoms in total. The smallest absolute Gasteiger partial charge is 0.337 e. The van der Waals surface area contributed by atoms with Gasteiger partial charge < -0.3 is 10.1 Å². The Balaban J connectivity index is 1.73. The van der Waals surface area contributed by atoms with E-state index in [0.29, 0.717) is 17.2 Å². The van der Waals surface area contributed by atoms with E-state index in [0.717, 1.165) is 22.0 Å². The number of rotatable bonds is 2. The van der Waals surface area contributed by atoms with Gasteiger partial charge >= 0.3 is 5.97 Å². The first kappa shape index (κ1) is 16.3. The van der Waals surface area contributed by atoms with Gasteiger partial charge in [0.25, 0.3) is 0 Å². The van der Waals surface area contributed by atoms with E-state index in [1.807, 2.05) is 18.2 Å². The molecule has 0 saturated heterocycles. The Morgan fingerprint density at radius 3 is 2.76 bits per heavy atom.